The van der Waals surface area contributed by atoms with Gasteiger partial charge >= 0.3 is 5.69 Å². The second-order valence-electron chi connectivity index (χ2n) is 5.11. The Morgan fingerprint density at radius 1 is 0.952 bits per heavy atom. The van der Waals surface area contributed by atoms with Gasteiger partial charge in [-0.2, -0.15) is 0 Å². The number of nitrogens with one attached hydrogen (secondary N) is 2. The molecule has 0 amide bonds. The van der Waals surface area contributed by atoms with Crippen molar-refractivity contribution in [2.45, 2.75) is 59.8 Å². The minimum absolute atomic E-state index is 0.0894. The van der Waals surface area contributed by atoms with Crippen LogP contribution in [-0.4, -0.2) is 22.2 Å². The van der Waals surface area contributed by atoms with Crippen LogP contribution in [-0.2, 0) is 0 Å². The normalized spacial score (nSPS) is 14.1. The maximum absolute atomic E-state index is 12.8. The number of aromatic nitrogens is 2. The van der Waals surface area contributed by atoms with Gasteiger partial charge in [-0.15, -0.1) is 0 Å². The second-order valence-corrected chi connectivity index (χ2v) is 5.11. The standard InChI is InChI=1S/C15H28N4O2/c1-6-12(16-8-3)18-11(5)10-14(20)19(15(18)21)13(7-2)17-9-4/h10,12-13,16-17H,6-9H2,1-5H3. The summed E-state index contributed by atoms with van der Waals surface area (Å²) in [6.07, 6.45) is 1.11. The van der Waals surface area contributed by atoms with Crippen LogP contribution in [0.15, 0.2) is 15.7 Å². The monoisotopic (exact) mass is 296 g/mol. The zero-order valence-corrected chi connectivity index (χ0v) is 13.8. The van der Waals surface area contributed by atoms with Crippen LogP contribution < -0.4 is 21.9 Å². The van der Waals surface area contributed by atoms with Crippen molar-refractivity contribution in [1.29, 1.82) is 0 Å². The second kappa shape index (κ2) is 8.14. The van der Waals surface area contributed by atoms with Crippen molar-refractivity contribution < 1.29 is 0 Å². The molecule has 120 valence electrons. The Kier molecular flexibility index (Phi) is 6.84. The molecule has 0 aliphatic carbocycles. The molecule has 1 aromatic rings. The van der Waals surface area contributed by atoms with E-state index in [-0.39, 0.29) is 23.6 Å². The molecule has 0 radical (unpaired) electrons. The van der Waals surface area contributed by atoms with E-state index < -0.39 is 0 Å². The molecule has 1 aromatic heterocycles. The lowest BCUT2D eigenvalue weighted by molar-refractivity contribution is 0.325. The van der Waals surface area contributed by atoms with Gasteiger partial charge in [-0.05, 0) is 32.9 Å². The van der Waals surface area contributed by atoms with Crippen LogP contribution in [0.5, 0.6) is 0 Å². The number of aryl methyl sites for hydroxylation is 1. The van der Waals surface area contributed by atoms with Crippen molar-refractivity contribution in [2.75, 3.05) is 13.1 Å². The molecule has 6 heteroatoms. The molecule has 1 rings (SSSR count). The molecule has 0 saturated heterocycles. The number of nitrogens with zero attached hydrogens (tertiary/aromatic N) is 2. The van der Waals surface area contributed by atoms with Crippen molar-refractivity contribution in [1.82, 2.24) is 19.8 Å². The van der Waals surface area contributed by atoms with Gasteiger partial charge in [0.1, 0.15) is 0 Å². The highest BCUT2D eigenvalue weighted by molar-refractivity contribution is 5.02. The zero-order chi connectivity index (χ0) is 16.0. The predicted molar refractivity (Wildman–Crippen MR) is 85.7 cm³/mol. The first-order valence-corrected chi connectivity index (χ1v) is 7.83. The van der Waals surface area contributed by atoms with Gasteiger partial charge in [0.15, 0.2) is 0 Å². The van der Waals surface area contributed by atoms with Crippen LogP contribution >= 0.6 is 0 Å². The lowest BCUT2D eigenvalue weighted by Gasteiger charge is -2.25. The van der Waals surface area contributed by atoms with Crippen LogP contribution in [0, 0.1) is 6.92 Å². The van der Waals surface area contributed by atoms with E-state index in [9.17, 15) is 9.59 Å². The van der Waals surface area contributed by atoms with Gasteiger partial charge in [0.2, 0.25) is 0 Å². The molecule has 2 unspecified atom stereocenters. The molecule has 21 heavy (non-hydrogen) atoms. The van der Waals surface area contributed by atoms with E-state index in [4.69, 9.17) is 0 Å². The summed E-state index contributed by atoms with van der Waals surface area (Å²) in [5.74, 6) is 0. The van der Waals surface area contributed by atoms with E-state index in [2.05, 4.69) is 10.6 Å². The summed E-state index contributed by atoms with van der Waals surface area (Å²) >= 11 is 0. The summed E-state index contributed by atoms with van der Waals surface area (Å²) in [6, 6.07) is 1.54. The highest BCUT2D eigenvalue weighted by Gasteiger charge is 2.19. The first kappa shape index (κ1) is 17.7. The Morgan fingerprint density at radius 3 is 1.86 bits per heavy atom. The summed E-state index contributed by atoms with van der Waals surface area (Å²) in [6.45, 7) is 11.2. The number of hydrogen-bond donors (Lipinski definition) is 2. The van der Waals surface area contributed by atoms with Crippen LogP contribution in [0.2, 0.25) is 0 Å². The Hall–Kier alpha value is -1.40. The maximum Gasteiger partial charge on any atom is 0.333 e. The minimum Gasteiger partial charge on any atom is -0.297 e. The molecule has 6 nitrogen and oxygen atoms in total. The van der Waals surface area contributed by atoms with Crippen molar-refractivity contribution in [3.05, 3.63) is 32.6 Å². The molecule has 0 aliphatic rings. The van der Waals surface area contributed by atoms with Gasteiger partial charge in [-0.1, -0.05) is 27.7 Å². The van der Waals surface area contributed by atoms with Crippen LogP contribution in [0.3, 0.4) is 0 Å². The van der Waals surface area contributed by atoms with Crippen molar-refractivity contribution in [3.63, 3.8) is 0 Å². The van der Waals surface area contributed by atoms with Gasteiger partial charge in [0.05, 0.1) is 12.3 Å². The summed E-state index contributed by atoms with van der Waals surface area (Å²) in [7, 11) is 0. The Balaban J connectivity index is 3.47. The number of rotatable bonds is 8. The fourth-order valence-electron chi connectivity index (χ4n) is 2.65. The Morgan fingerprint density at radius 2 is 1.43 bits per heavy atom. The molecule has 0 spiro atoms. The fraction of sp³-hybridized carbons (Fsp3) is 0.733. The van der Waals surface area contributed by atoms with E-state index in [0.29, 0.717) is 18.7 Å². The molecule has 0 bridgehead atoms. The molecule has 2 atom stereocenters. The average molecular weight is 296 g/mol. The topological polar surface area (TPSA) is 68.1 Å². The highest BCUT2D eigenvalue weighted by atomic mass is 16.2. The highest BCUT2D eigenvalue weighted by Crippen LogP contribution is 2.08. The molecule has 0 saturated carbocycles. The SMILES string of the molecule is CCNC(CC)n1c(C)cc(=O)n(C(CC)NCC)c1=O. The summed E-state index contributed by atoms with van der Waals surface area (Å²) in [5.41, 5.74) is 0.203. The van der Waals surface area contributed by atoms with Crippen molar-refractivity contribution >= 4 is 0 Å². The van der Waals surface area contributed by atoms with Gasteiger partial charge in [0, 0.05) is 11.8 Å². The quantitative estimate of drug-likeness (QED) is 0.760. The summed E-state index contributed by atoms with van der Waals surface area (Å²) in [5, 5.41) is 6.49. The maximum atomic E-state index is 12.8. The lowest BCUT2D eigenvalue weighted by Crippen LogP contribution is -2.49. The summed E-state index contributed by atoms with van der Waals surface area (Å²) < 4.78 is 3.02. The van der Waals surface area contributed by atoms with Gasteiger partial charge in [0.25, 0.3) is 5.56 Å². The third-order valence-electron chi connectivity index (χ3n) is 3.64. The third-order valence-corrected chi connectivity index (χ3v) is 3.64. The van der Waals surface area contributed by atoms with E-state index >= 15 is 0 Å². The van der Waals surface area contributed by atoms with Gasteiger partial charge < -0.3 is 0 Å². The first-order chi connectivity index (χ1) is 10.0. The van der Waals surface area contributed by atoms with Crippen LogP contribution in [0.4, 0.5) is 0 Å². The molecule has 0 fully saturated rings. The minimum atomic E-state index is -0.263. The largest absolute Gasteiger partial charge is 0.333 e. The van der Waals surface area contributed by atoms with E-state index in [1.54, 1.807) is 17.6 Å². The molecular formula is C15H28N4O2. The molecule has 2 N–H and O–H groups in total. The lowest BCUT2D eigenvalue weighted by atomic mass is 10.3. The van der Waals surface area contributed by atoms with E-state index in [0.717, 1.165) is 13.0 Å². The fourth-order valence-corrected chi connectivity index (χ4v) is 2.65. The predicted octanol–water partition coefficient (Wildman–Crippen LogP) is 1.35. The van der Waals surface area contributed by atoms with Crippen LogP contribution in [0.1, 0.15) is 58.6 Å². The van der Waals surface area contributed by atoms with E-state index in [1.807, 2.05) is 27.7 Å². The first-order valence-electron chi connectivity index (χ1n) is 7.83. The Bertz CT molecular complexity index is 562. The van der Waals surface area contributed by atoms with E-state index in [1.165, 1.54) is 4.57 Å². The van der Waals surface area contributed by atoms with Crippen molar-refractivity contribution in [3.8, 4) is 0 Å². The van der Waals surface area contributed by atoms with Gasteiger partial charge in [-0.3, -0.25) is 20.0 Å². The van der Waals surface area contributed by atoms with Crippen LogP contribution in [0.25, 0.3) is 0 Å². The summed E-state index contributed by atoms with van der Waals surface area (Å²) in [4.78, 5) is 25.1. The Labute approximate surface area is 126 Å². The number of hydrogen-bond acceptors (Lipinski definition) is 4. The molecule has 0 aliphatic heterocycles. The zero-order valence-electron chi connectivity index (χ0n) is 13.8. The smallest absolute Gasteiger partial charge is 0.297 e. The molecular weight excluding hydrogens is 268 g/mol. The molecule has 0 aromatic carbocycles. The average Bonchev–Trinajstić information content (AvgIpc) is 2.44. The van der Waals surface area contributed by atoms with Crippen molar-refractivity contribution in [2.24, 2.45) is 0 Å². The van der Waals surface area contributed by atoms with Gasteiger partial charge in [-0.25, -0.2) is 9.36 Å². The molecule has 1 heterocycles. The third kappa shape index (κ3) is 3.83.